The fourth-order valence-corrected chi connectivity index (χ4v) is 3.69. The molecule has 2 amide bonds. The van der Waals surface area contributed by atoms with Crippen LogP contribution >= 0.6 is 0 Å². The second kappa shape index (κ2) is 7.66. The van der Waals surface area contributed by atoms with Crippen molar-refractivity contribution in [1.29, 1.82) is 0 Å². The zero-order valence-corrected chi connectivity index (χ0v) is 13.0. The third-order valence-corrected chi connectivity index (χ3v) is 4.84. The van der Waals surface area contributed by atoms with E-state index >= 15 is 0 Å². The molecule has 0 radical (unpaired) electrons. The first-order chi connectivity index (χ1) is 10.1. The highest BCUT2D eigenvalue weighted by Crippen LogP contribution is 2.28. The van der Waals surface area contributed by atoms with Crippen molar-refractivity contribution in [2.24, 2.45) is 17.8 Å². The van der Waals surface area contributed by atoms with E-state index in [1.54, 1.807) is 4.90 Å². The number of likely N-dealkylation sites (tertiary alicyclic amines) is 1. The van der Waals surface area contributed by atoms with Gasteiger partial charge < -0.3 is 15.3 Å². The summed E-state index contributed by atoms with van der Waals surface area (Å²) in [7, 11) is 0. The van der Waals surface area contributed by atoms with Gasteiger partial charge in [0, 0.05) is 19.6 Å². The van der Waals surface area contributed by atoms with Gasteiger partial charge in [-0.1, -0.05) is 32.6 Å². The fourth-order valence-electron chi connectivity index (χ4n) is 3.69. The summed E-state index contributed by atoms with van der Waals surface area (Å²) in [4.78, 5) is 24.9. The highest BCUT2D eigenvalue weighted by molar-refractivity contribution is 5.76. The van der Waals surface area contributed by atoms with E-state index in [9.17, 15) is 9.59 Å². The minimum Gasteiger partial charge on any atom is -0.481 e. The third-order valence-electron chi connectivity index (χ3n) is 4.84. The Kier molecular flexibility index (Phi) is 5.88. The lowest BCUT2D eigenvalue weighted by Gasteiger charge is -2.34. The van der Waals surface area contributed by atoms with Crippen LogP contribution in [0.15, 0.2) is 0 Å². The maximum Gasteiger partial charge on any atom is 0.317 e. The van der Waals surface area contributed by atoms with Crippen LogP contribution in [0.1, 0.15) is 51.9 Å². The molecule has 2 atom stereocenters. The fraction of sp³-hybridized carbons (Fsp3) is 0.875. The molecule has 0 bridgehead atoms. The summed E-state index contributed by atoms with van der Waals surface area (Å²) in [5.41, 5.74) is 0. The quantitative estimate of drug-likeness (QED) is 0.766. The molecule has 1 aliphatic carbocycles. The molecule has 0 aromatic heterocycles. The van der Waals surface area contributed by atoms with Crippen LogP contribution in [0.4, 0.5) is 4.79 Å². The highest BCUT2D eigenvalue weighted by Gasteiger charge is 2.31. The van der Waals surface area contributed by atoms with Crippen LogP contribution in [0.25, 0.3) is 0 Å². The van der Waals surface area contributed by atoms with Crippen LogP contribution in [0.2, 0.25) is 0 Å². The van der Waals surface area contributed by atoms with Crippen LogP contribution in [-0.2, 0) is 4.79 Å². The molecule has 1 heterocycles. The highest BCUT2D eigenvalue weighted by atomic mass is 16.4. The van der Waals surface area contributed by atoms with E-state index < -0.39 is 11.9 Å². The maximum atomic E-state index is 12.1. The minimum absolute atomic E-state index is 0.0979. The van der Waals surface area contributed by atoms with Gasteiger partial charge in [0.2, 0.25) is 0 Å². The van der Waals surface area contributed by atoms with Crippen molar-refractivity contribution in [2.45, 2.75) is 51.9 Å². The molecule has 0 aromatic rings. The van der Waals surface area contributed by atoms with E-state index in [1.807, 2.05) is 6.92 Å². The van der Waals surface area contributed by atoms with Crippen LogP contribution in [0.3, 0.4) is 0 Å². The average Bonchev–Trinajstić information content (AvgIpc) is 2.95. The van der Waals surface area contributed by atoms with E-state index in [0.29, 0.717) is 26.1 Å². The lowest BCUT2D eigenvalue weighted by molar-refractivity contribution is -0.143. The van der Waals surface area contributed by atoms with Crippen LogP contribution < -0.4 is 5.32 Å². The number of urea groups is 1. The predicted octanol–water partition coefficient (Wildman–Crippen LogP) is 2.71. The summed E-state index contributed by atoms with van der Waals surface area (Å²) in [6, 6.07) is -0.0979. The molecule has 2 fully saturated rings. The normalized spacial score (nSPS) is 26.8. The first kappa shape index (κ1) is 16.1. The number of nitrogens with one attached hydrogen (secondary N) is 1. The average molecular weight is 296 g/mol. The van der Waals surface area contributed by atoms with Crippen molar-refractivity contribution < 1.29 is 14.7 Å². The smallest absolute Gasteiger partial charge is 0.317 e. The summed E-state index contributed by atoms with van der Waals surface area (Å²) in [6.45, 7) is 3.72. The minimum atomic E-state index is -0.791. The Hall–Kier alpha value is -1.26. The lowest BCUT2D eigenvalue weighted by Crippen LogP contribution is -2.49. The van der Waals surface area contributed by atoms with Gasteiger partial charge in [0.15, 0.2) is 0 Å². The molecule has 1 aliphatic heterocycles. The maximum absolute atomic E-state index is 12.1. The zero-order valence-electron chi connectivity index (χ0n) is 13.0. The summed E-state index contributed by atoms with van der Waals surface area (Å²) >= 11 is 0. The number of piperidine rings is 1. The summed E-state index contributed by atoms with van der Waals surface area (Å²) in [5, 5.41) is 12.1. The van der Waals surface area contributed by atoms with Gasteiger partial charge in [-0.15, -0.1) is 0 Å². The molecule has 2 N–H and O–H groups in total. The molecular weight excluding hydrogens is 268 g/mol. The second-order valence-electron chi connectivity index (χ2n) is 6.81. The lowest BCUT2D eigenvalue weighted by atomic mass is 9.91. The summed E-state index contributed by atoms with van der Waals surface area (Å²) in [6.07, 6.45) is 8.31. The van der Waals surface area contributed by atoms with Crippen LogP contribution in [0.5, 0.6) is 0 Å². The molecule has 21 heavy (non-hydrogen) atoms. The Morgan fingerprint density at radius 2 is 1.95 bits per heavy atom. The number of carbonyl (C=O) groups excluding carboxylic acids is 1. The Labute approximate surface area is 127 Å². The van der Waals surface area contributed by atoms with Gasteiger partial charge in [0.25, 0.3) is 0 Å². The van der Waals surface area contributed by atoms with Crippen molar-refractivity contribution in [3.8, 4) is 0 Å². The van der Waals surface area contributed by atoms with Crippen molar-refractivity contribution in [2.75, 3.05) is 19.6 Å². The molecule has 5 nitrogen and oxygen atoms in total. The number of nitrogens with zero attached hydrogens (tertiary/aromatic N) is 1. The van der Waals surface area contributed by atoms with E-state index in [4.69, 9.17) is 5.11 Å². The monoisotopic (exact) mass is 296 g/mol. The van der Waals surface area contributed by atoms with E-state index in [-0.39, 0.29) is 11.9 Å². The van der Waals surface area contributed by atoms with E-state index in [2.05, 4.69) is 5.32 Å². The molecule has 5 heteroatoms. The molecule has 2 unspecified atom stereocenters. The number of amides is 2. The molecule has 120 valence electrons. The van der Waals surface area contributed by atoms with Gasteiger partial charge in [-0.3, -0.25) is 4.79 Å². The molecule has 0 spiro atoms. The second-order valence-corrected chi connectivity index (χ2v) is 6.81. The first-order valence-electron chi connectivity index (χ1n) is 8.32. The number of carboxylic acid groups (broad SMARTS) is 1. The van der Waals surface area contributed by atoms with Crippen molar-refractivity contribution >= 4 is 12.0 Å². The molecule has 2 rings (SSSR count). The van der Waals surface area contributed by atoms with Gasteiger partial charge in [-0.05, 0) is 31.1 Å². The Bertz CT molecular complexity index is 367. The predicted molar refractivity (Wildman–Crippen MR) is 81.1 cm³/mol. The molecule has 2 aliphatic rings. The number of aliphatic carboxylic acids is 1. The van der Waals surface area contributed by atoms with Crippen molar-refractivity contribution in [1.82, 2.24) is 10.2 Å². The van der Waals surface area contributed by atoms with Gasteiger partial charge in [0.1, 0.15) is 0 Å². The molecule has 0 aromatic carbocycles. The number of carbonyl (C=O) groups is 2. The van der Waals surface area contributed by atoms with E-state index in [1.165, 1.54) is 32.1 Å². The van der Waals surface area contributed by atoms with Crippen LogP contribution in [-0.4, -0.2) is 41.6 Å². The first-order valence-corrected chi connectivity index (χ1v) is 8.32. The Balaban J connectivity index is 1.68. The zero-order chi connectivity index (χ0) is 15.2. The van der Waals surface area contributed by atoms with Gasteiger partial charge in [0.05, 0.1) is 5.92 Å². The number of rotatable bonds is 5. The largest absolute Gasteiger partial charge is 0.481 e. The molecule has 1 saturated carbocycles. The van der Waals surface area contributed by atoms with E-state index in [0.717, 1.165) is 12.3 Å². The summed E-state index contributed by atoms with van der Waals surface area (Å²) in [5.74, 6) is -0.101. The van der Waals surface area contributed by atoms with Crippen molar-refractivity contribution in [3.05, 3.63) is 0 Å². The topological polar surface area (TPSA) is 69.6 Å². The van der Waals surface area contributed by atoms with Gasteiger partial charge >= 0.3 is 12.0 Å². The number of hydrogen-bond acceptors (Lipinski definition) is 2. The van der Waals surface area contributed by atoms with Crippen molar-refractivity contribution in [3.63, 3.8) is 0 Å². The molecule has 1 saturated heterocycles. The Morgan fingerprint density at radius 3 is 2.62 bits per heavy atom. The molecular formula is C16H28N2O3. The SMILES string of the molecule is CC1CC(C(=O)O)CN(C(=O)NCCCC2CCCC2)C1. The standard InChI is InChI=1S/C16H28N2O3/c1-12-9-14(15(19)20)11-18(10-12)16(21)17-8-4-7-13-5-2-3-6-13/h12-14H,2-11H2,1H3,(H,17,21)(H,19,20). The van der Waals surface area contributed by atoms with Gasteiger partial charge in [-0.2, -0.15) is 0 Å². The Morgan fingerprint density at radius 1 is 1.24 bits per heavy atom. The number of hydrogen-bond donors (Lipinski definition) is 2. The number of carboxylic acids is 1. The van der Waals surface area contributed by atoms with Gasteiger partial charge in [-0.25, -0.2) is 4.79 Å². The summed E-state index contributed by atoms with van der Waals surface area (Å²) < 4.78 is 0. The third kappa shape index (κ3) is 4.90. The van der Waals surface area contributed by atoms with Crippen LogP contribution in [0, 0.1) is 17.8 Å².